The third-order valence-electron chi connectivity index (χ3n) is 2.85. The van der Waals surface area contributed by atoms with Crippen molar-refractivity contribution in [2.75, 3.05) is 23.9 Å². The molecule has 1 saturated heterocycles. The van der Waals surface area contributed by atoms with Gasteiger partial charge in [0.25, 0.3) is 0 Å². The molecule has 82 valence electrons. The standard InChI is InChI=1S/C11H16ClN3/c1-9-5-11(14-8-13-9)15-4-2-3-10(6-12)7-15/h5,8,10H,2-4,6-7H2,1H3. The highest BCUT2D eigenvalue weighted by molar-refractivity contribution is 6.18. The van der Waals surface area contributed by atoms with Gasteiger partial charge in [-0.2, -0.15) is 0 Å². The third-order valence-corrected chi connectivity index (χ3v) is 3.29. The fourth-order valence-electron chi connectivity index (χ4n) is 2.01. The van der Waals surface area contributed by atoms with Gasteiger partial charge in [-0.05, 0) is 25.7 Å². The van der Waals surface area contributed by atoms with Gasteiger partial charge in [0.15, 0.2) is 0 Å². The van der Waals surface area contributed by atoms with Crippen LogP contribution in [0.3, 0.4) is 0 Å². The van der Waals surface area contributed by atoms with E-state index in [9.17, 15) is 0 Å². The number of anilines is 1. The van der Waals surface area contributed by atoms with Crippen molar-refractivity contribution in [3.63, 3.8) is 0 Å². The second-order valence-electron chi connectivity index (χ2n) is 4.13. The number of nitrogens with zero attached hydrogens (tertiary/aromatic N) is 3. The van der Waals surface area contributed by atoms with E-state index in [4.69, 9.17) is 11.6 Å². The Morgan fingerprint density at radius 2 is 2.40 bits per heavy atom. The summed E-state index contributed by atoms with van der Waals surface area (Å²) >= 11 is 5.90. The summed E-state index contributed by atoms with van der Waals surface area (Å²) in [4.78, 5) is 10.7. The molecule has 0 spiro atoms. The van der Waals surface area contributed by atoms with Crippen LogP contribution in [0.1, 0.15) is 18.5 Å². The van der Waals surface area contributed by atoms with Crippen LogP contribution in [0.15, 0.2) is 12.4 Å². The summed E-state index contributed by atoms with van der Waals surface area (Å²) in [6.45, 7) is 4.11. The average Bonchev–Trinajstić information content (AvgIpc) is 2.29. The maximum Gasteiger partial charge on any atom is 0.132 e. The van der Waals surface area contributed by atoms with Gasteiger partial charge < -0.3 is 4.90 Å². The molecule has 0 saturated carbocycles. The third kappa shape index (κ3) is 2.59. The van der Waals surface area contributed by atoms with Gasteiger partial charge in [-0.3, -0.25) is 0 Å². The Kier molecular flexibility index (Phi) is 3.41. The van der Waals surface area contributed by atoms with Gasteiger partial charge in [0.05, 0.1) is 0 Å². The topological polar surface area (TPSA) is 29.0 Å². The first kappa shape index (κ1) is 10.7. The van der Waals surface area contributed by atoms with Crippen LogP contribution in [-0.4, -0.2) is 28.9 Å². The number of aryl methyl sites for hydroxylation is 1. The number of rotatable bonds is 2. The van der Waals surface area contributed by atoms with Crippen molar-refractivity contribution >= 4 is 17.4 Å². The highest BCUT2D eigenvalue weighted by Gasteiger charge is 2.20. The summed E-state index contributed by atoms with van der Waals surface area (Å²) in [5.74, 6) is 2.40. The van der Waals surface area contributed by atoms with Crippen LogP contribution in [-0.2, 0) is 0 Å². The molecular weight excluding hydrogens is 210 g/mol. The van der Waals surface area contributed by atoms with Gasteiger partial charge in [-0.1, -0.05) is 0 Å². The Morgan fingerprint density at radius 3 is 3.13 bits per heavy atom. The normalized spacial score (nSPS) is 21.7. The monoisotopic (exact) mass is 225 g/mol. The lowest BCUT2D eigenvalue weighted by molar-refractivity contribution is 0.448. The van der Waals surface area contributed by atoms with Crippen molar-refractivity contribution in [1.29, 1.82) is 0 Å². The number of aromatic nitrogens is 2. The molecule has 0 bridgehead atoms. The van der Waals surface area contributed by atoms with Gasteiger partial charge in [-0.25, -0.2) is 9.97 Å². The first-order valence-electron chi connectivity index (χ1n) is 5.39. The SMILES string of the molecule is Cc1cc(N2CCCC(CCl)C2)ncn1. The van der Waals surface area contributed by atoms with Crippen molar-refractivity contribution in [3.8, 4) is 0 Å². The Balaban J connectivity index is 2.09. The van der Waals surface area contributed by atoms with Crippen LogP contribution in [0.25, 0.3) is 0 Å². The molecule has 1 aliphatic heterocycles. The molecular formula is C11H16ClN3. The molecule has 4 heteroatoms. The quantitative estimate of drug-likeness (QED) is 0.723. The maximum atomic E-state index is 5.90. The first-order chi connectivity index (χ1) is 7.29. The molecule has 1 aliphatic rings. The summed E-state index contributed by atoms with van der Waals surface area (Å²) in [5, 5.41) is 0. The predicted octanol–water partition coefficient (Wildman–Crippen LogP) is 2.24. The molecule has 15 heavy (non-hydrogen) atoms. The highest BCUT2D eigenvalue weighted by atomic mass is 35.5. The predicted molar refractivity (Wildman–Crippen MR) is 62.4 cm³/mol. The van der Waals surface area contributed by atoms with Gasteiger partial charge in [0, 0.05) is 30.7 Å². The average molecular weight is 226 g/mol. The van der Waals surface area contributed by atoms with Crippen LogP contribution in [0.4, 0.5) is 5.82 Å². The molecule has 2 heterocycles. The Hall–Kier alpha value is -0.830. The molecule has 2 rings (SSSR count). The number of piperidine rings is 1. The van der Waals surface area contributed by atoms with Gasteiger partial charge in [0.2, 0.25) is 0 Å². The van der Waals surface area contributed by atoms with Crippen molar-refractivity contribution in [2.45, 2.75) is 19.8 Å². The molecule has 1 atom stereocenters. The van der Waals surface area contributed by atoms with E-state index in [2.05, 4.69) is 14.9 Å². The van der Waals surface area contributed by atoms with E-state index in [1.807, 2.05) is 13.0 Å². The number of hydrogen-bond donors (Lipinski definition) is 0. The fraction of sp³-hybridized carbons (Fsp3) is 0.636. The molecule has 0 N–H and O–H groups in total. The molecule has 1 aromatic rings. The first-order valence-corrected chi connectivity index (χ1v) is 5.92. The highest BCUT2D eigenvalue weighted by Crippen LogP contribution is 2.22. The van der Waals surface area contributed by atoms with Crippen molar-refractivity contribution in [2.24, 2.45) is 5.92 Å². The van der Waals surface area contributed by atoms with Crippen molar-refractivity contribution < 1.29 is 0 Å². The summed E-state index contributed by atoms with van der Waals surface area (Å²) in [5.41, 5.74) is 1.02. The van der Waals surface area contributed by atoms with Gasteiger partial charge in [-0.15, -0.1) is 11.6 Å². The minimum atomic E-state index is 0.607. The summed E-state index contributed by atoms with van der Waals surface area (Å²) in [6.07, 6.45) is 4.08. The molecule has 1 aromatic heterocycles. The van der Waals surface area contributed by atoms with E-state index in [1.165, 1.54) is 12.8 Å². The zero-order chi connectivity index (χ0) is 10.7. The van der Waals surface area contributed by atoms with E-state index in [1.54, 1.807) is 6.33 Å². The molecule has 3 nitrogen and oxygen atoms in total. The number of alkyl halides is 1. The molecule has 1 fully saturated rings. The summed E-state index contributed by atoms with van der Waals surface area (Å²) in [7, 11) is 0. The van der Waals surface area contributed by atoms with Crippen molar-refractivity contribution in [1.82, 2.24) is 9.97 Å². The van der Waals surface area contributed by atoms with E-state index in [0.29, 0.717) is 5.92 Å². The zero-order valence-corrected chi connectivity index (χ0v) is 9.74. The number of halogens is 1. The lowest BCUT2D eigenvalue weighted by Gasteiger charge is -2.32. The second-order valence-corrected chi connectivity index (χ2v) is 4.43. The van der Waals surface area contributed by atoms with Crippen LogP contribution >= 0.6 is 11.6 Å². The summed E-state index contributed by atoms with van der Waals surface area (Å²) in [6, 6.07) is 2.04. The molecule has 0 amide bonds. The number of hydrogen-bond acceptors (Lipinski definition) is 3. The molecule has 0 aliphatic carbocycles. The largest absolute Gasteiger partial charge is 0.356 e. The zero-order valence-electron chi connectivity index (χ0n) is 8.99. The van der Waals surface area contributed by atoms with Gasteiger partial charge >= 0.3 is 0 Å². The van der Waals surface area contributed by atoms with Crippen LogP contribution in [0, 0.1) is 12.8 Å². The smallest absolute Gasteiger partial charge is 0.132 e. The second kappa shape index (κ2) is 4.79. The van der Waals surface area contributed by atoms with Crippen LogP contribution in [0.5, 0.6) is 0 Å². The minimum absolute atomic E-state index is 0.607. The minimum Gasteiger partial charge on any atom is -0.356 e. The van der Waals surface area contributed by atoms with Crippen LogP contribution < -0.4 is 4.90 Å². The van der Waals surface area contributed by atoms with E-state index in [-0.39, 0.29) is 0 Å². The van der Waals surface area contributed by atoms with E-state index >= 15 is 0 Å². The fourth-order valence-corrected chi connectivity index (χ4v) is 2.26. The Morgan fingerprint density at radius 1 is 1.53 bits per heavy atom. The lowest BCUT2D eigenvalue weighted by atomic mass is 10.0. The molecule has 0 radical (unpaired) electrons. The molecule has 1 unspecified atom stereocenters. The van der Waals surface area contributed by atoms with E-state index < -0.39 is 0 Å². The Labute approximate surface area is 95.5 Å². The van der Waals surface area contributed by atoms with Crippen molar-refractivity contribution in [3.05, 3.63) is 18.1 Å². The summed E-state index contributed by atoms with van der Waals surface area (Å²) < 4.78 is 0. The van der Waals surface area contributed by atoms with Gasteiger partial charge in [0.1, 0.15) is 12.1 Å². The Bertz CT molecular complexity index is 329. The van der Waals surface area contributed by atoms with E-state index in [0.717, 1.165) is 30.5 Å². The van der Waals surface area contributed by atoms with Crippen LogP contribution in [0.2, 0.25) is 0 Å². The lowest BCUT2D eigenvalue weighted by Crippen LogP contribution is -2.36. The maximum absolute atomic E-state index is 5.90. The molecule has 0 aromatic carbocycles.